The minimum atomic E-state index is 0.783. The lowest BCUT2D eigenvalue weighted by molar-refractivity contribution is -0.899. The van der Waals surface area contributed by atoms with Crippen molar-refractivity contribution >= 4 is 11.6 Å². The molecule has 0 aromatic rings. The predicted octanol–water partition coefficient (Wildman–Crippen LogP) is 7.13. The van der Waals surface area contributed by atoms with Crippen LogP contribution >= 0.6 is 11.6 Å². The van der Waals surface area contributed by atoms with E-state index in [4.69, 9.17) is 11.6 Å². The molecule has 0 aromatic carbocycles. The smallest absolute Gasteiger partial charge is 0.154 e. The second kappa shape index (κ2) is 16.1. The van der Waals surface area contributed by atoms with E-state index in [1.165, 1.54) is 103 Å². The maximum absolute atomic E-state index is 6.24. The normalized spacial score (nSPS) is 12.0. The third-order valence-electron chi connectivity index (χ3n) is 4.89. The van der Waals surface area contributed by atoms with Crippen LogP contribution in [0.2, 0.25) is 0 Å². The molecule has 0 atom stereocenters. The van der Waals surface area contributed by atoms with E-state index in [2.05, 4.69) is 20.9 Å². The number of quaternary nitrogens is 1. The standard InChI is InChI=1S/C20H43ClN/c1-4-6-8-10-12-14-16-18-22(3,20-21)19-17-15-13-11-9-7-5-2/h4-20H2,1-3H3/q+1. The highest BCUT2D eigenvalue weighted by Gasteiger charge is 2.18. The number of halogens is 1. The second-order valence-electron chi connectivity index (χ2n) is 7.43. The van der Waals surface area contributed by atoms with Gasteiger partial charge in [0.2, 0.25) is 0 Å². The Hall–Kier alpha value is 0.250. The highest BCUT2D eigenvalue weighted by atomic mass is 35.5. The van der Waals surface area contributed by atoms with E-state index in [9.17, 15) is 0 Å². The van der Waals surface area contributed by atoms with Gasteiger partial charge >= 0.3 is 0 Å². The molecular weight excluding hydrogens is 290 g/mol. The van der Waals surface area contributed by atoms with Crippen LogP contribution in [0.5, 0.6) is 0 Å². The molecule has 1 nitrogen and oxygen atoms in total. The Labute approximate surface area is 146 Å². The van der Waals surface area contributed by atoms with Crippen molar-refractivity contribution in [3.8, 4) is 0 Å². The maximum Gasteiger partial charge on any atom is 0.154 e. The number of nitrogens with zero attached hydrogens (tertiary/aromatic N) is 1. The van der Waals surface area contributed by atoms with Crippen LogP contribution in [0.15, 0.2) is 0 Å². The Morgan fingerprint density at radius 2 is 0.864 bits per heavy atom. The molecule has 0 rings (SSSR count). The fourth-order valence-corrected chi connectivity index (χ4v) is 3.37. The van der Waals surface area contributed by atoms with Crippen LogP contribution < -0.4 is 0 Å². The van der Waals surface area contributed by atoms with Gasteiger partial charge in [0.15, 0.2) is 6.00 Å². The van der Waals surface area contributed by atoms with Gasteiger partial charge in [0.1, 0.15) is 0 Å². The summed E-state index contributed by atoms with van der Waals surface area (Å²) in [6, 6.07) is 0.783. The molecule has 0 radical (unpaired) electrons. The van der Waals surface area contributed by atoms with Gasteiger partial charge in [0.25, 0.3) is 0 Å². The number of rotatable bonds is 17. The molecule has 0 heterocycles. The van der Waals surface area contributed by atoms with E-state index in [1.807, 2.05) is 0 Å². The van der Waals surface area contributed by atoms with Crippen LogP contribution in [-0.2, 0) is 0 Å². The molecule has 0 saturated carbocycles. The Bertz CT molecular complexity index is 200. The van der Waals surface area contributed by atoms with Crippen molar-refractivity contribution in [3.63, 3.8) is 0 Å². The summed E-state index contributed by atoms with van der Waals surface area (Å²) in [4.78, 5) is 0. The van der Waals surface area contributed by atoms with Crippen molar-refractivity contribution in [2.24, 2.45) is 0 Å². The van der Waals surface area contributed by atoms with Crippen LogP contribution in [-0.4, -0.2) is 30.6 Å². The summed E-state index contributed by atoms with van der Waals surface area (Å²) in [6.07, 6.45) is 19.5. The summed E-state index contributed by atoms with van der Waals surface area (Å²) in [5, 5.41) is 0. The van der Waals surface area contributed by atoms with Crippen molar-refractivity contribution in [2.75, 3.05) is 26.1 Å². The monoisotopic (exact) mass is 332 g/mol. The molecule has 0 aromatic heterocycles. The average molecular weight is 333 g/mol. The third-order valence-corrected chi connectivity index (χ3v) is 5.47. The molecule has 0 spiro atoms. The summed E-state index contributed by atoms with van der Waals surface area (Å²) in [7, 11) is 2.35. The number of unbranched alkanes of at least 4 members (excludes halogenated alkanes) is 12. The molecule has 0 saturated heterocycles. The molecule has 0 amide bonds. The lowest BCUT2D eigenvalue weighted by Crippen LogP contribution is -2.44. The largest absolute Gasteiger partial charge is 0.313 e. The van der Waals surface area contributed by atoms with Gasteiger partial charge in [-0.05, 0) is 25.7 Å². The van der Waals surface area contributed by atoms with Crippen LogP contribution in [0.4, 0.5) is 0 Å². The Balaban J connectivity index is 3.54. The molecule has 0 aliphatic rings. The first kappa shape index (κ1) is 22.2. The molecule has 0 N–H and O–H groups in total. The van der Waals surface area contributed by atoms with E-state index in [1.54, 1.807) is 0 Å². The Kier molecular flexibility index (Phi) is 16.3. The Morgan fingerprint density at radius 3 is 1.18 bits per heavy atom. The Morgan fingerprint density at radius 1 is 0.545 bits per heavy atom. The van der Waals surface area contributed by atoms with Crippen molar-refractivity contribution < 1.29 is 4.48 Å². The lowest BCUT2D eigenvalue weighted by Gasteiger charge is -2.32. The quantitative estimate of drug-likeness (QED) is 0.115. The second-order valence-corrected chi connectivity index (χ2v) is 7.67. The van der Waals surface area contributed by atoms with Gasteiger partial charge in [-0.3, -0.25) is 0 Å². The van der Waals surface area contributed by atoms with Gasteiger partial charge in [-0.25, -0.2) is 0 Å². The van der Waals surface area contributed by atoms with E-state index >= 15 is 0 Å². The molecule has 0 fully saturated rings. The van der Waals surface area contributed by atoms with Gasteiger partial charge in [-0.1, -0.05) is 89.7 Å². The van der Waals surface area contributed by atoms with Crippen LogP contribution in [0.3, 0.4) is 0 Å². The summed E-state index contributed by atoms with van der Waals surface area (Å²) in [6.45, 7) is 7.11. The van der Waals surface area contributed by atoms with E-state index < -0.39 is 0 Å². The van der Waals surface area contributed by atoms with Crippen LogP contribution in [0.25, 0.3) is 0 Å². The first-order chi connectivity index (χ1) is 10.7. The highest BCUT2D eigenvalue weighted by Crippen LogP contribution is 2.14. The molecule has 22 heavy (non-hydrogen) atoms. The van der Waals surface area contributed by atoms with E-state index in [0.29, 0.717) is 0 Å². The first-order valence-electron chi connectivity index (χ1n) is 10.1. The summed E-state index contributed by atoms with van der Waals surface area (Å²) in [5.41, 5.74) is 0. The predicted molar refractivity (Wildman–Crippen MR) is 103 cm³/mol. The molecule has 134 valence electrons. The molecular formula is C20H43ClN+. The van der Waals surface area contributed by atoms with Gasteiger partial charge in [0, 0.05) is 0 Å². The van der Waals surface area contributed by atoms with Crippen molar-refractivity contribution in [1.82, 2.24) is 0 Å². The van der Waals surface area contributed by atoms with Crippen molar-refractivity contribution in [3.05, 3.63) is 0 Å². The minimum absolute atomic E-state index is 0.783. The zero-order chi connectivity index (χ0) is 16.5. The fraction of sp³-hybridized carbons (Fsp3) is 1.00. The maximum atomic E-state index is 6.24. The minimum Gasteiger partial charge on any atom is -0.313 e. The molecule has 0 aliphatic carbocycles. The van der Waals surface area contributed by atoms with Gasteiger partial charge < -0.3 is 4.48 Å². The number of hydrogen-bond donors (Lipinski definition) is 0. The highest BCUT2D eigenvalue weighted by molar-refractivity contribution is 6.16. The zero-order valence-corrected chi connectivity index (χ0v) is 16.6. The summed E-state index contributed by atoms with van der Waals surface area (Å²) < 4.78 is 1.07. The van der Waals surface area contributed by atoms with Crippen LogP contribution in [0, 0.1) is 0 Å². The summed E-state index contributed by atoms with van der Waals surface area (Å²) >= 11 is 6.24. The van der Waals surface area contributed by atoms with E-state index in [-0.39, 0.29) is 0 Å². The SMILES string of the molecule is CCCCCCCCC[N+](C)(CCl)CCCCCCCCC. The first-order valence-corrected chi connectivity index (χ1v) is 10.6. The van der Waals surface area contributed by atoms with Gasteiger partial charge in [0.05, 0.1) is 20.1 Å². The summed E-state index contributed by atoms with van der Waals surface area (Å²) in [5.74, 6) is 0. The topological polar surface area (TPSA) is 0 Å². The van der Waals surface area contributed by atoms with Crippen LogP contribution in [0.1, 0.15) is 104 Å². The van der Waals surface area contributed by atoms with Crippen molar-refractivity contribution in [1.29, 1.82) is 0 Å². The number of hydrogen-bond acceptors (Lipinski definition) is 0. The molecule has 0 unspecified atom stereocenters. The van der Waals surface area contributed by atoms with Gasteiger partial charge in [-0.15, -0.1) is 0 Å². The fourth-order valence-electron chi connectivity index (χ4n) is 3.13. The molecule has 0 bridgehead atoms. The zero-order valence-electron chi connectivity index (χ0n) is 15.8. The number of alkyl halides is 1. The van der Waals surface area contributed by atoms with E-state index in [0.717, 1.165) is 10.5 Å². The molecule has 2 heteroatoms. The van der Waals surface area contributed by atoms with Crippen molar-refractivity contribution in [2.45, 2.75) is 104 Å². The lowest BCUT2D eigenvalue weighted by atomic mass is 10.1. The molecule has 0 aliphatic heterocycles. The van der Waals surface area contributed by atoms with Gasteiger partial charge in [-0.2, -0.15) is 0 Å². The third kappa shape index (κ3) is 13.9. The average Bonchev–Trinajstić information content (AvgIpc) is 2.53.